The van der Waals surface area contributed by atoms with Crippen LogP contribution in [0.2, 0.25) is 0 Å². The van der Waals surface area contributed by atoms with E-state index in [2.05, 4.69) is 5.32 Å². The molecule has 3 rings (SSSR count). The molecule has 146 valence electrons. The molecular weight excluding hydrogens is 356 g/mol. The minimum atomic E-state index is -1.06. The number of nitrogens with one attached hydrogen (secondary N) is 1. The Balaban J connectivity index is 1.72. The van der Waals surface area contributed by atoms with Crippen molar-refractivity contribution in [1.82, 2.24) is 4.90 Å². The second-order valence-corrected chi connectivity index (χ2v) is 6.95. The number of ether oxygens (including phenoxy) is 1. The molecule has 0 aliphatic heterocycles. The Morgan fingerprint density at radius 2 is 1.68 bits per heavy atom. The summed E-state index contributed by atoms with van der Waals surface area (Å²) in [6.07, 6.45) is 0.997. The molecule has 28 heavy (non-hydrogen) atoms. The molecule has 2 aromatic rings. The molecule has 1 saturated carbocycles. The van der Waals surface area contributed by atoms with Crippen LogP contribution in [-0.2, 0) is 20.9 Å². The maximum absolute atomic E-state index is 13.0. The third-order valence-electron chi connectivity index (χ3n) is 4.87. The summed E-state index contributed by atoms with van der Waals surface area (Å²) < 4.78 is 5.04. The molecule has 1 N–H and O–H groups in total. The van der Waals surface area contributed by atoms with Crippen LogP contribution in [0, 0.1) is 5.41 Å². The molecule has 1 aliphatic carbocycles. The van der Waals surface area contributed by atoms with Gasteiger partial charge in [0.1, 0.15) is 5.41 Å². The summed E-state index contributed by atoms with van der Waals surface area (Å²) in [5.74, 6) is -1.09. The molecular formula is C22H24N2O4. The van der Waals surface area contributed by atoms with Gasteiger partial charge in [-0.1, -0.05) is 42.5 Å². The van der Waals surface area contributed by atoms with Crippen molar-refractivity contribution in [3.8, 4) is 0 Å². The highest BCUT2D eigenvalue weighted by molar-refractivity contribution is 6.14. The van der Waals surface area contributed by atoms with Crippen molar-refractivity contribution in [2.24, 2.45) is 5.41 Å². The van der Waals surface area contributed by atoms with Gasteiger partial charge in [-0.15, -0.1) is 0 Å². The van der Waals surface area contributed by atoms with Crippen molar-refractivity contribution in [3.05, 3.63) is 65.7 Å². The van der Waals surface area contributed by atoms with Crippen LogP contribution in [0.15, 0.2) is 54.6 Å². The lowest BCUT2D eigenvalue weighted by Gasteiger charge is -2.23. The minimum Gasteiger partial charge on any atom is -0.462 e. The monoisotopic (exact) mass is 380 g/mol. The summed E-state index contributed by atoms with van der Waals surface area (Å²) in [5, 5.41) is 2.76. The van der Waals surface area contributed by atoms with Crippen LogP contribution < -0.4 is 5.32 Å². The number of carbonyl (C=O) groups excluding carboxylic acids is 3. The minimum absolute atomic E-state index is 0.206. The van der Waals surface area contributed by atoms with E-state index in [1.54, 1.807) is 43.1 Å². The van der Waals surface area contributed by atoms with Gasteiger partial charge in [-0.2, -0.15) is 0 Å². The van der Waals surface area contributed by atoms with Crippen LogP contribution in [-0.4, -0.2) is 36.3 Å². The summed E-state index contributed by atoms with van der Waals surface area (Å²) in [6.45, 7) is 2.40. The van der Waals surface area contributed by atoms with Crippen molar-refractivity contribution in [2.45, 2.75) is 26.3 Å². The van der Waals surface area contributed by atoms with Crippen LogP contribution in [0.5, 0.6) is 0 Å². The fourth-order valence-corrected chi connectivity index (χ4v) is 3.18. The maximum Gasteiger partial charge on any atom is 0.340 e. The lowest BCUT2D eigenvalue weighted by atomic mass is 10.0. The summed E-state index contributed by atoms with van der Waals surface area (Å²) in [5.41, 5.74) is 0.572. The number of para-hydroxylation sites is 1. The van der Waals surface area contributed by atoms with E-state index >= 15 is 0 Å². The van der Waals surface area contributed by atoms with Gasteiger partial charge in [0, 0.05) is 13.6 Å². The van der Waals surface area contributed by atoms with Gasteiger partial charge in [0.05, 0.1) is 17.9 Å². The largest absolute Gasteiger partial charge is 0.462 e. The van der Waals surface area contributed by atoms with Crippen molar-refractivity contribution in [2.75, 3.05) is 19.0 Å². The average Bonchev–Trinajstić information content (AvgIpc) is 3.51. The van der Waals surface area contributed by atoms with Gasteiger partial charge in [-0.25, -0.2) is 4.79 Å². The molecule has 0 saturated heterocycles. The molecule has 0 spiro atoms. The third-order valence-corrected chi connectivity index (χ3v) is 4.87. The maximum atomic E-state index is 13.0. The Hall–Kier alpha value is -3.15. The molecule has 0 bridgehead atoms. The molecule has 2 amide bonds. The van der Waals surface area contributed by atoms with Crippen molar-refractivity contribution < 1.29 is 19.1 Å². The van der Waals surface area contributed by atoms with E-state index in [1.165, 1.54) is 0 Å². The van der Waals surface area contributed by atoms with Gasteiger partial charge in [0.25, 0.3) is 0 Å². The number of esters is 1. The Kier molecular flexibility index (Phi) is 5.78. The number of nitrogens with zero attached hydrogens (tertiary/aromatic N) is 1. The van der Waals surface area contributed by atoms with E-state index < -0.39 is 11.4 Å². The lowest BCUT2D eigenvalue weighted by Crippen LogP contribution is -2.41. The predicted molar refractivity (Wildman–Crippen MR) is 106 cm³/mol. The molecule has 2 aromatic carbocycles. The highest BCUT2D eigenvalue weighted by atomic mass is 16.5. The van der Waals surface area contributed by atoms with Gasteiger partial charge in [0.15, 0.2) is 0 Å². The number of hydrogen-bond acceptors (Lipinski definition) is 4. The quantitative estimate of drug-likeness (QED) is 0.591. The van der Waals surface area contributed by atoms with Crippen LogP contribution >= 0.6 is 0 Å². The standard InChI is InChI=1S/C22H24N2O4/c1-3-28-19(25)17-11-7-8-12-18(17)23-20(26)22(13-14-22)21(27)24(2)15-16-9-5-4-6-10-16/h4-12H,3,13-15H2,1-2H3,(H,23,26). The summed E-state index contributed by atoms with van der Waals surface area (Å²) in [6, 6.07) is 16.3. The zero-order chi connectivity index (χ0) is 20.1. The zero-order valence-electron chi connectivity index (χ0n) is 16.1. The van der Waals surface area contributed by atoms with Gasteiger partial charge < -0.3 is 15.0 Å². The van der Waals surface area contributed by atoms with Crippen LogP contribution in [0.1, 0.15) is 35.7 Å². The van der Waals surface area contributed by atoms with Gasteiger partial charge in [0.2, 0.25) is 11.8 Å². The van der Waals surface area contributed by atoms with E-state index in [9.17, 15) is 14.4 Å². The third kappa shape index (κ3) is 4.06. The Labute approximate surface area is 164 Å². The van der Waals surface area contributed by atoms with Crippen LogP contribution in [0.3, 0.4) is 0 Å². The van der Waals surface area contributed by atoms with Crippen molar-refractivity contribution >= 4 is 23.5 Å². The molecule has 6 nitrogen and oxygen atoms in total. The molecule has 6 heteroatoms. The van der Waals surface area contributed by atoms with Gasteiger partial charge >= 0.3 is 5.97 Å². The molecule has 0 unspecified atom stereocenters. The Morgan fingerprint density at radius 3 is 2.32 bits per heavy atom. The van der Waals surface area contributed by atoms with Crippen molar-refractivity contribution in [3.63, 3.8) is 0 Å². The number of amides is 2. The predicted octanol–water partition coefficient (Wildman–Crippen LogP) is 3.24. The van der Waals surface area contributed by atoms with Gasteiger partial charge in [-0.3, -0.25) is 9.59 Å². The van der Waals surface area contributed by atoms with E-state index in [0.29, 0.717) is 25.1 Å². The molecule has 1 fully saturated rings. The SMILES string of the molecule is CCOC(=O)c1ccccc1NC(=O)C1(C(=O)N(C)Cc2ccccc2)CC1. The number of hydrogen-bond donors (Lipinski definition) is 1. The van der Waals surface area contributed by atoms with E-state index in [-0.39, 0.29) is 24.0 Å². The second-order valence-electron chi connectivity index (χ2n) is 6.95. The summed E-state index contributed by atoms with van der Waals surface area (Å²) in [4.78, 5) is 39.6. The Morgan fingerprint density at radius 1 is 1.04 bits per heavy atom. The topological polar surface area (TPSA) is 75.7 Å². The normalized spacial score (nSPS) is 14.1. The molecule has 1 aliphatic rings. The number of anilines is 1. The van der Waals surface area contributed by atoms with Crippen molar-refractivity contribution in [1.29, 1.82) is 0 Å². The molecule has 0 heterocycles. The van der Waals surface area contributed by atoms with Crippen LogP contribution in [0.4, 0.5) is 5.69 Å². The van der Waals surface area contributed by atoms with E-state index in [0.717, 1.165) is 5.56 Å². The molecule has 0 atom stereocenters. The lowest BCUT2D eigenvalue weighted by molar-refractivity contribution is -0.141. The molecule has 0 radical (unpaired) electrons. The average molecular weight is 380 g/mol. The fourth-order valence-electron chi connectivity index (χ4n) is 3.18. The summed E-state index contributed by atoms with van der Waals surface area (Å²) in [7, 11) is 1.70. The highest BCUT2D eigenvalue weighted by Gasteiger charge is 2.57. The first-order valence-corrected chi connectivity index (χ1v) is 9.35. The number of benzene rings is 2. The molecule has 0 aromatic heterocycles. The van der Waals surface area contributed by atoms with Crippen LogP contribution in [0.25, 0.3) is 0 Å². The fraction of sp³-hybridized carbons (Fsp3) is 0.318. The van der Waals surface area contributed by atoms with E-state index in [1.807, 2.05) is 30.3 Å². The number of rotatable bonds is 7. The first kappa shape index (κ1) is 19.6. The van der Waals surface area contributed by atoms with Gasteiger partial charge in [-0.05, 0) is 37.5 Å². The highest BCUT2D eigenvalue weighted by Crippen LogP contribution is 2.48. The smallest absolute Gasteiger partial charge is 0.340 e. The first-order valence-electron chi connectivity index (χ1n) is 9.35. The number of carbonyl (C=O) groups is 3. The zero-order valence-corrected chi connectivity index (χ0v) is 16.1. The van der Waals surface area contributed by atoms with E-state index in [4.69, 9.17) is 4.74 Å². The Bertz CT molecular complexity index is 875. The summed E-state index contributed by atoms with van der Waals surface area (Å²) >= 11 is 0. The second kappa shape index (κ2) is 8.25. The first-order chi connectivity index (χ1) is 13.5.